The van der Waals surface area contributed by atoms with E-state index in [1.807, 2.05) is 7.05 Å². The Kier molecular flexibility index (Phi) is 9.39. The molecular weight excluding hydrogens is 364 g/mol. The summed E-state index contributed by atoms with van der Waals surface area (Å²) in [6.07, 6.45) is 7.49. The minimum atomic E-state index is -0.317. The summed E-state index contributed by atoms with van der Waals surface area (Å²) in [5.41, 5.74) is 0. The van der Waals surface area contributed by atoms with Crippen LogP contribution in [0.25, 0.3) is 0 Å². The van der Waals surface area contributed by atoms with Crippen molar-refractivity contribution in [3.63, 3.8) is 0 Å². The maximum atomic E-state index is 12.3. The largest absolute Gasteiger partial charge is 0.415 e. The maximum Gasteiger partial charge on any atom is 0.415 e. The minimum Gasteiger partial charge on any atom is -0.410 e. The van der Waals surface area contributed by atoms with Crippen LogP contribution in [-0.4, -0.2) is 62.3 Å². The van der Waals surface area contributed by atoms with Gasteiger partial charge in [-0.25, -0.2) is 4.79 Å². The van der Waals surface area contributed by atoms with Crippen molar-refractivity contribution in [3.05, 3.63) is 29.3 Å². The molecule has 0 bridgehead atoms. The molecule has 6 heteroatoms. The van der Waals surface area contributed by atoms with Crippen molar-refractivity contribution < 1.29 is 14.3 Å². The summed E-state index contributed by atoms with van der Waals surface area (Å²) in [6, 6.07) is 7.06. The van der Waals surface area contributed by atoms with Gasteiger partial charge in [0.05, 0.1) is 6.10 Å². The lowest BCUT2D eigenvalue weighted by Gasteiger charge is -2.34. The summed E-state index contributed by atoms with van der Waals surface area (Å²) in [5.74, 6) is 0.516. The Labute approximate surface area is 168 Å². The van der Waals surface area contributed by atoms with Gasteiger partial charge in [-0.3, -0.25) is 0 Å². The van der Waals surface area contributed by atoms with Gasteiger partial charge < -0.3 is 19.3 Å². The van der Waals surface area contributed by atoms with Crippen molar-refractivity contribution in [2.45, 2.75) is 57.1 Å². The third-order valence-corrected chi connectivity index (χ3v) is 5.35. The highest BCUT2D eigenvalue weighted by atomic mass is 35.5. The fourth-order valence-electron chi connectivity index (χ4n) is 3.38. The zero-order chi connectivity index (χ0) is 19.6. The van der Waals surface area contributed by atoms with E-state index in [-0.39, 0.29) is 12.1 Å². The smallest absolute Gasteiger partial charge is 0.410 e. The highest BCUT2D eigenvalue weighted by molar-refractivity contribution is 6.30. The fraction of sp³-hybridized carbons (Fsp3) is 0.667. The summed E-state index contributed by atoms with van der Waals surface area (Å²) in [6.45, 7) is 1.99. The molecule has 0 unspecified atom stereocenters. The Balaban J connectivity index is 1.62. The summed E-state index contributed by atoms with van der Waals surface area (Å²) >= 11 is 5.86. The molecule has 0 radical (unpaired) electrons. The molecule has 1 fully saturated rings. The third-order valence-electron chi connectivity index (χ3n) is 5.10. The van der Waals surface area contributed by atoms with Crippen LogP contribution in [0.2, 0.25) is 5.02 Å². The van der Waals surface area contributed by atoms with Crippen molar-refractivity contribution in [1.82, 2.24) is 9.80 Å². The number of halogens is 1. The van der Waals surface area contributed by atoms with Crippen LogP contribution in [0.1, 0.15) is 44.9 Å². The molecule has 0 spiro atoms. The van der Waals surface area contributed by atoms with Gasteiger partial charge in [0.15, 0.2) is 0 Å². The van der Waals surface area contributed by atoms with Crippen molar-refractivity contribution >= 4 is 17.7 Å². The summed E-state index contributed by atoms with van der Waals surface area (Å²) in [5, 5.41) is 0.624. The first-order valence-corrected chi connectivity index (χ1v) is 10.3. The molecule has 1 amide bonds. The van der Waals surface area contributed by atoms with Crippen molar-refractivity contribution in [2.24, 2.45) is 0 Å². The van der Waals surface area contributed by atoms with Gasteiger partial charge in [-0.2, -0.15) is 0 Å². The molecule has 1 saturated carbocycles. The average molecular weight is 397 g/mol. The van der Waals surface area contributed by atoms with Crippen LogP contribution >= 0.6 is 11.6 Å². The topological polar surface area (TPSA) is 42.0 Å². The van der Waals surface area contributed by atoms with Crippen molar-refractivity contribution in [3.8, 4) is 5.75 Å². The number of benzene rings is 1. The number of carbonyl (C=O) groups is 1. The van der Waals surface area contributed by atoms with E-state index in [0.29, 0.717) is 16.9 Å². The molecule has 0 aromatic heterocycles. The molecule has 0 aliphatic heterocycles. The van der Waals surface area contributed by atoms with Crippen LogP contribution < -0.4 is 4.74 Å². The van der Waals surface area contributed by atoms with Crippen molar-refractivity contribution in [2.75, 3.05) is 34.3 Å². The Hall–Kier alpha value is -1.30. The molecule has 1 aromatic rings. The Bertz CT molecular complexity index is 557. The van der Waals surface area contributed by atoms with Gasteiger partial charge in [-0.15, -0.1) is 0 Å². The Morgan fingerprint density at radius 2 is 1.70 bits per heavy atom. The lowest BCUT2D eigenvalue weighted by atomic mass is 9.92. The SMILES string of the molecule is CN(C)CCCCCO[C@H]1CC[C@H](N(C)C(=O)Oc2ccc(Cl)cc2)CC1. The van der Waals surface area contributed by atoms with Gasteiger partial charge in [0.2, 0.25) is 0 Å². The van der Waals surface area contributed by atoms with Gasteiger partial charge in [0.25, 0.3) is 0 Å². The number of rotatable bonds is 9. The van der Waals surface area contributed by atoms with Crippen LogP contribution in [0, 0.1) is 0 Å². The van der Waals surface area contributed by atoms with E-state index < -0.39 is 0 Å². The first kappa shape index (κ1) is 22.0. The number of amides is 1. The lowest BCUT2D eigenvalue weighted by Crippen LogP contribution is -2.42. The van der Waals surface area contributed by atoms with E-state index in [9.17, 15) is 4.79 Å². The normalized spacial score (nSPS) is 19.9. The van der Waals surface area contributed by atoms with E-state index in [0.717, 1.165) is 45.3 Å². The number of nitrogens with zero attached hydrogens (tertiary/aromatic N) is 2. The second-order valence-corrected chi connectivity index (χ2v) is 8.03. The zero-order valence-corrected chi connectivity index (χ0v) is 17.6. The summed E-state index contributed by atoms with van der Waals surface area (Å²) < 4.78 is 11.4. The van der Waals surface area contributed by atoms with Crippen LogP contribution in [0.5, 0.6) is 5.75 Å². The van der Waals surface area contributed by atoms with Gasteiger partial charge in [0, 0.05) is 24.7 Å². The molecule has 5 nitrogen and oxygen atoms in total. The monoisotopic (exact) mass is 396 g/mol. The quantitative estimate of drug-likeness (QED) is 0.560. The van der Waals surface area contributed by atoms with E-state index >= 15 is 0 Å². The molecule has 0 saturated heterocycles. The summed E-state index contributed by atoms with van der Waals surface area (Å²) in [4.78, 5) is 16.3. The molecule has 2 rings (SSSR count). The molecule has 1 aliphatic rings. The highest BCUT2D eigenvalue weighted by Gasteiger charge is 2.27. The first-order valence-electron chi connectivity index (χ1n) is 9.92. The van der Waals surface area contributed by atoms with Crippen LogP contribution in [-0.2, 0) is 4.74 Å². The molecule has 27 heavy (non-hydrogen) atoms. The maximum absolute atomic E-state index is 12.3. The van der Waals surface area contributed by atoms with Crippen LogP contribution in [0.3, 0.4) is 0 Å². The Morgan fingerprint density at radius 1 is 1.04 bits per heavy atom. The summed E-state index contributed by atoms with van der Waals surface area (Å²) in [7, 11) is 6.03. The zero-order valence-electron chi connectivity index (χ0n) is 16.8. The third kappa shape index (κ3) is 8.08. The van der Waals surface area contributed by atoms with E-state index in [2.05, 4.69) is 19.0 Å². The first-order chi connectivity index (χ1) is 13.0. The standard InChI is InChI=1S/C21H33ClN2O3/c1-23(2)15-5-4-6-16-26-19-13-9-18(10-14-19)24(3)21(25)27-20-11-7-17(22)8-12-20/h7-8,11-12,18-19H,4-6,9-10,13-16H2,1-3H3/t18-,19-. The number of carbonyl (C=O) groups excluding carboxylic acids is 1. The molecule has 152 valence electrons. The van der Waals surface area contributed by atoms with E-state index in [1.165, 1.54) is 12.8 Å². The molecule has 0 heterocycles. The van der Waals surface area contributed by atoms with Gasteiger partial charge >= 0.3 is 6.09 Å². The van der Waals surface area contributed by atoms with Gasteiger partial charge in [-0.1, -0.05) is 11.6 Å². The highest BCUT2D eigenvalue weighted by Crippen LogP contribution is 2.25. The minimum absolute atomic E-state index is 0.213. The number of unbranched alkanes of at least 4 members (excludes halogenated alkanes) is 2. The van der Waals surface area contributed by atoms with E-state index in [4.69, 9.17) is 21.1 Å². The molecule has 1 aromatic carbocycles. The predicted octanol–water partition coefficient (Wildman–Crippen LogP) is 4.83. The fourth-order valence-corrected chi connectivity index (χ4v) is 3.51. The number of hydrogen-bond donors (Lipinski definition) is 0. The number of ether oxygens (including phenoxy) is 2. The Morgan fingerprint density at radius 3 is 2.33 bits per heavy atom. The second kappa shape index (κ2) is 11.5. The average Bonchev–Trinajstić information content (AvgIpc) is 2.66. The molecular formula is C21H33ClN2O3. The van der Waals surface area contributed by atoms with Crippen LogP contribution in [0.4, 0.5) is 4.79 Å². The second-order valence-electron chi connectivity index (χ2n) is 7.60. The van der Waals surface area contributed by atoms with Crippen LogP contribution in [0.15, 0.2) is 24.3 Å². The number of hydrogen-bond acceptors (Lipinski definition) is 4. The predicted molar refractivity (Wildman–Crippen MR) is 110 cm³/mol. The molecule has 0 atom stereocenters. The molecule has 1 aliphatic carbocycles. The lowest BCUT2D eigenvalue weighted by molar-refractivity contribution is 0.0104. The van der Waals surface area contributed by atoms with Gasteiger partial charge in [-0.05, 0) is 89.9 Å². The van der Waals surface area contributed by atoms with Crippen molar-refractivity contribution in [1.29, 1.82) is 0 Å². The molecule has 0 N–H and O–H groups in total. The van der Waals surface area contributed by atoms with E-state index in [1.54, 1.807) is 29.2 Å². The van der Waals surface area contributed by atoms with Gasteiger partial charge in [0.1, 0.15) is 5.75 Å².